The molecule has 0 radical (unpaired) electrons. The molecule has 1 aromatic rings. The predicted molar refractivity (Wildman–Crippen MR) is 72.7 cm³/mol. The Labute approximate surface area is 113 Å². The van der Waals surface area contributed by atoms with E-state index in [0.717, 1.165) is 6.54 Å². The number of carbonyl (C=O) groups excluding carboxylic acids is 1. The smallest absolute Gasteiger partial charge is 0.250 e. The molecule has 2 unspecified atom stereocenters. The third-order valence-electron chi connectivity index (χ3n) is 3.77. The van der Waals surface area contributed by atoms with Crippen molar-refractivity contribution in [2.45, 2.75) is 25.0 Å². The van der Waals surface area contributed by atoms with Crippen LogP contribution >= 0.6 is 0 Å². The van der Waals surface area contributed by atoms with Crippen molar-refractivity contribution < 1.29 is 9.53 Å². The van der Waals surface area contributed by atoms with Gasteiger partial charge in [0.1, 0.15) is 6.10 Å². The molecule has 1 aromatic carbocycles. The topological polar surface area (TPSA) is 50.4 Å². The molecule has 1 saturated carbocycles. The summed E-state index contributed by atoms with van der Waals surface area (Å²) in [6, 6.07) is 10.4. The molecule has 19 heavy (non-hydrogen) atoms. The van der Waals surface area contributed by atoms with Crippen LogP contribution in [0.25, 0.3) is 0 Å². The summed E-state index contributed by atoms with van der Waals surface area (Å²) < 4.78 is 5.50. The average molecular weight is 260 g/mol. The Bertz CT molecular complexity index is 425. The number of ether oxygens (including phenoxy) is 1. The van der Waals surface area contributed by atoms with Crippen molar-refractivity contribution in [1.82, 2.24) is 10.6 Å². The van der Waals surface area contributed by atoms with Gasteiger partial charge in [-0.3, -0.25) is 4.79 Å². The van der Waals surface area contributed by atoms with E-state index in [1.165, 1.54) is 18.4 Å². The lowest BCUT2D eigenvalue weighted by Gasteiger charge is -2.26. The number of amides is 1. The van der Waals surface area contributed by atoms with Gasteiger partial charge in [0.15, 0.2) is 0 Å². The van der Waals surface area contributed by atoms with Gasteiger partial charge in [0.2, 0.25) is 0 Å². The average Bonchev–Trinajstić information content (AvgIpc) is 3.31. The van der Waals surface area contributed by atoms with E-state index in [1.807, 2.05) is 18.2 Å². The molecule has 2 aliphatic rings. The summed E-state index contributed by atoms with van der Waals surface area (Å²) in [6.07, 6.45) is 2.05. The number of rotatable bonds is 4. The number of hydrogen-bond acceptors (Lipinski definition) is 3. The fourth-order valence-corrected chi connectivity index (χ4v) is 2.54. The second kappa shape index (κ2) is 5.72. The summed E-state index contributed by atoms with van der Waals surface area (Å²) in [5.41, 5.74) is 1.20. The van der Waals surface area contributed by atoms with Crippen LogP contribution in [-0.4, -0.2) is 31.7 Å². The standard InChI is InChI=1S/C15H20N2O2/c18-15(13-10-16-8-9-19-13)17-14(12-6-7-12)11-4-2-1-3-5-11/h1-5,12-14,16H,6-10H2,(H,17,18). The fraction of sp³-hybridized carbons (Fsp3) is 0.533. The largest absolute Gasteiger partial charge is 0.366 e. The molecule has 2 N–H and O–H groups in total. The fourth-order valence-electron chi connectivity index (χ4n) is 2.54. The zero-order chi connectivity index (χ0) is 13.1. The zero-order valence-electron chi connectivity index (χ0n) is 11.0. The molecule has 2 fully saturated rings. The molecule has 0 aromatic heterocycles. The van der Waals surface area contributed by atoms with Crippen LogP contribution in [0.4, 0.5) is 0 Å². The molecule has 102 valence electrons. The highest BCUT2D eigenvalue weighted by atomic mass is 16.5. The van der Waals surface area contributed by atoms with Gasteiger partial charge in [-0.05, 0) is 24.3 Å². The lowest BCUT2D eigenvalue weighted by atomic mass is 10.0. The molecule has 2 atom stereocenters. The molecular weight excluding hydrogens is 240 g/mol. The first-order valence-corrected chi connectivity index (χ1v) is 7.02. The minimum absolute atomic E-state index is 0.00736. The van der Waals surface area contributed by atoms with Gasteiger partial charge in [-0.25, -0.2) is 0 Å². The van der Waals surface area contributed by atoms with E-state index in [9.17, 15) is 4.79 Å². The van der Waals surface area contributed by atoms with E-state index in [1.54, 1.807) is 0 Å². The minimum Gasteiger partial charge on any atom is -0.366 e. The first-order chi connectivity index (χ1) is 9.34. The van der Waals surface area contributed by atoms with Crippen LogP contribution in [0.1, 0.15) is 24.4 Å². The van der Waals surface area contributed by atoms with Crippen LogP contribution in [0, 0.1) is 5.92 Å². The lowest BCUT2D eigenvalue weighted by molar-refractivity contribution is -0.135. The van der Waals surface area contributed by atoms with Crippen LogP contribution in [0.2, 0.25) is 0 Å². The summed E-state index contributed by atoms with van der Waals surface area (Å²) in [5, 5.41) is 6.35. The predicted octanol–water partition coefficient (Wildman–Crippen LogP) is 1.24. The zero-order valence-corrected chi connectivity index (χ0v) is 11.0. The van der Waals surface area contributed by atoms with E-state index < -0.39 is 0 Å². The molecule has 1 saturated heterocycles. The van der Waals surface area contributed by atoms with E-state index in [-0.39, 0.29) is 18.1 Å². The van der Waals surface area contributed by atoms with Crippen LogP contribution in [-0.2, 0) is 9.53 Å². The van der Waals surface area contributed by atoms with Gasteiger partial charge in [0, 0.05) is 13.1 Å². The third-order valence-corrected chi connectivity index (χ3v) is 3.77. The highest BCUT2D eigenvalue weighted by molar-refractivity contribution is 5.81. The van der Waals surface area contributed by atoms with Crippen molar-refractivity contribution in [2.24, 2.45) is 5.92 Å². The molecular formula is C15H20N2O2. The molecule has 0 spiro atoms. The summed E-state index contributed by atoms with van der Waals surface area (Å²) >= 11 is 0. The quantitative estimate of drug-likeness (QED) is 0.856. The first-order valence-electron chi connectivity index (χ1n) is 7.02. The number of hydrogen-bond donors (Lipinski definition) is 2. The van der Waals surface area contributed by atoms with E-state index in [2.05, 4.69) is 22.8 Å². The summed E-state index contributed by atoms with van der Waals surface area (Å²) in [6.45, 7) is 2.05. The Morgan fingerprint density at radius 1 is 1.32 bits per heavy atom. The van der Waals surface area contributed by atoms with Gasteiger partial charge in [0.05, 0.1) is 12.6 Å². The van der Waals surface area contributed by atoms with Crippen molar-refractivity contribution in [3.05, 3.63) is 35.9 Å². The maximum atomic E-state index is 12.2. The Morgan fingerprint density at radius 3 is 2.74 bits per heavy atom. The molecule has 3 rings (SSSR count). The number of morpholine rings is 1. The number of carbonyl (C=O) groups is 1. The Kier molecular flexibility index (Phi) is 3.80. The summed E-state index contributed by atoms with van der Waals surface area (Å²) in [7, 11) is 0. The molecule has 4 heteroatoms. The SMILES string of the molecule is O=C(NC(c1ccccc1)C1CC1)C1CNCCO1. The van der Waals surface area contributed by atoms with Gasteiger partial charge < -0.3 is 15.4 Å². The Hall–Kier alpha value is -1.39. The molecule has 1 heterocycles. The van der Waals surface area contributed by atoms with Gasteiger partial charge in [-0.15, -0.1) is 0 Å². The van der Waals surface area contributed by atoms with Crippen LogP contribution in [0.5, 0.6) is 0 Å². The van der Waals surface area contributed by atoms with Gasteiger partial charge in [-0.1, -0.05) is 30.3 Å². The van der Waals surface area contributed by atoms with Crippen molar-refractivity contribution in [2.75, 3.05) is 19.7 Å². The van der Waals surface area contributed by atoms with Gasteiger partial charge >= 0.3 is 0 Å². The molecule has 1 amide bonds. The highest BCUT2D eigenvalue weighted by Crippen LogP contribution is 2.40. The summed E-state index contributed by atoms with van der Waals surface area (Å²) in [4.78, 5) is 12.2. The van der Waals surface area contributed by atoms with Gasteiger partial charge in [-0.2, -0.15) is 0 Å². The monoisotopic (exact) mass is 260 g/mol. The van der Waals surface area contributed by atoms with E-state index in [4.69, 9.17) is 4.74 Å². The van der Waals surface area contributed by atoms with E-state index >= 15 is 0 Å². The second-order valence-electron chi connectivity index (χ2n) is 5.30. The molecule has 1 aliphatic carbocycles. The van der Waals surface area contributed by atoms with Crippen LogP contribution < -0.4 is 10.6 Å². The van der Waals surface area contributed by atoms with Crippen molar-refractivity contribution in [1.29, 1.82) is 0 Å². The number of benzene rings is 1. The minimum atomic E-state index is -0.348. The highest BCUT2D eigenvalue weighted by Gasteiger charge is 2.35. The van der Waals surface area contributed by atoms with Crippen LogP contribution in [0.3, 0.4) is 0 Å². The summed E-state index contributed by atoms with van der Waals surface area (Å²) in [5.74, 6) is 0.593. The normalized spacial score (nSPS) is 24.7. The molecule has 4 nitrogen and oxygen atoms in total. The maximum Gasteiger partial charge on any atom is 0.250 e. The second-order valence-corrected chi connectivity index (χ2v) is 5.30. The van der Waals surface area contributed by atoms with E-state index in [0.29, 0.717) is 19.1 Å². The third kappa shape index (κ3) is 3.14. The van der Waals surface area contributed by atoms with Crippen molar-refractivity contribution >= 4 is 5.91 Å². The molecule has 0 bridgehead atoms. The maximum absolute atomic E-state index is 12.2. The Balaban J connectivity index is 1.66. The lowest BCUT2D eigenvalue weighted by Crippen LogP contribution is -2.48. The van der Waals surface area contributed by atoms with Gasteiger partial charge in [0.25, 0.3) is 5.91 Å². The Morgan fingerprint density at radius 2 is 2.11 bits per heavy atom. The van der Waals surface area contributed by atoms with Crippen molar-refractivity contribution in [3.8, 4) is 0 Å². The van der Waals surface area contributed by atoms with Crippen LogP contribution in [0.15, 0.2) is 30.3 Å². The molecule has 1 aliphatic heterocycles. The first kappa shape index (κ1) is 12.6. The number of nitrogens with one attached hydrogen (secondary N) is 2. The van der Waals surface area contributed by atoms with Crippen molar-refractivity contribution in [3.63, 3.8) is 0 Å².